The molecule has 2 rings (SSSR count). The van der Waals surface area contributed by atoms with Crippen LogP contribution in [0.3, 0.4) is 0 Å². The van der Waals surface area contributed by atoms with Crippen molar-refractivity contribution in [3.63, 3.8) is 0 Å². The highest BCUT2D eigenvalue weighted by atomic mass is 16.6. The van der Waals surface area contributed by atoms with E-state index in [2.05, 4.69) is 4.98 Å². The highest BCUT2D eigenvalue weighted by molar-refractivity contribution is 5.87. The Hall–Kier alpha value is -1.56. The first-order chi connectivity index (χ1) is 7.61. The third-order valence-electron chi connectivity index (χ3n) is 2.61. The van der Waals surface area contributed by atoms with Crippen molar-refractivity contribution in [2.24, 2.45) is 5.73 Å². The molecule has 0 bridgehead atoms. The first kappa shape index (κ1) is 10.9. The summed E-state index contributed by atoms with van der Waals surface area (Å²) >= 11 is 0. The van der Waals surface area contributed by atoms with Gasteiger partial charge in [-0.05, 0) is 26.8 Å². The summed E-state index contributed by atoms with van der Waals surface area (Å²) in [7, 11) is 0. The van der Waals surface area contributed by atoms with Gasteiger partial charge in [0.25, 0.3) is 0 Å². The first-order valence-corrected chi connectivity index (χ1v) is 5.24. The Morgan fingerprint density at radius 3 is 2.88 bits per heavy atom. The molecule has 2 N–H and O–H groups in total. The second-order valence-corrected chi connectivity index (χ2v) is 3.83. The smallest absolute Gasteiger partial charge is 0.418 e. The van der Waals surface area contributed by atoms with Crippen LogP contribution in [-0.2, 0) is 4.74 Å². The number of anilines is 1. The van der Waals surface area contributed by atoms with Crippen molar-refractivity contribution in [2.45, 2.75) is 26.4 Å². The predicted molar refractivity (Wildman–Crippen MR) is 57.3 cm³/mol. The lowest BCUT2D eigenvalue weighted by molar-refractivity contribution is 0.138. The van der Waals surface area contributed by atoms with Crippen LogP contribution in [0.5, 0.6) is 0 Å². The molecule has 1 atom stereocenters. The van der Waals surface area contributed by atoms with E-state index in [9.17, 15) is 4.79 Å². The fourth-order valence-electron chi connectivity index (χ4n) is 1.59. The first-order valence-electron chi connectivity index (χ1n) is 5.24. The van der Waals surface area contributed by atoms with Crippen LogP contribution in [0.25, 0.3) is 0 Å². The Kier molecular flexibility index (Phi) is 2.82. The molecule has 6 heteroatoms. The van der Waals surface area contributed by atoms with Gasteiger partial charge in [0.2, 0.25) is 0 Å². The molecule has 1 aromatic heterocycles. The van der Waals surface area contributed by atoms with E-state index in [4.69, 9.17) is 14.9 Å². The molecule has 88 valence electrons. The molecule has 1 aliphatic heterocycles. The van der Waals surface area contributed by atoms with Gasteiger partial charge in [-0.25, -0.2) is 9.69 Å². The van der Waals surface area contributed by atoms with Gasteiger partial charge in [-0.2, -0.15) is 4.98 Å². The monoisotopic (exact) mass is 225 g/mol. The van der Waals surface area contributed by atoms with Crippen molar-refractivity contribution in [3.05, 3.63) is 11.5 Å². The fraction of sp³-hybridized carbons (Fsp3) is 0.600. The maximum atomic E-state index is 11.5. The Labute approximate surface area is 93.4 Å². The zero-order valence-corrected chi connectivity index (χ0v) is 9.40. The quantitative estimate of drug-likeness (QED) is 0.828. The molecule has 1 aromatic rings. The standard InChI is InChI=1S/C10H15N3O3/c1-6-7(2)15-9(12-6)13-5-8(3-4-11)16-10(13)14/h8H,3-5,11H2,1-2H3. The van der Waals surface area contributed by atoms with Crippen molar-refractivity contribution in [2.75, 3.05) is 18.0 Å². The summed E-state index contributed by atoms with van der Waals surface area (Å²) in [4.78, 5) is 17.1. The summed E-state index contributed by atoms with van der Waals surface area (Å²) in [6.45, 7) is 4.59. The van der Waals surface area contributed by atoms with Crippen molar-refractivity contribution in [3.8, 4) is 0 Å². The number of aromatic nitrogens is 1. The highest BCUT2D eigenvalue weighted by Gasteiger charge is 2.34. The molecule has 0 aliphatic carbocycles. The van der Waals surface area contributed by atoms with Crippen molar-refractivity contribution in [1.29, 1.82) is 0 Å². The number of carbonyl (C=O) groups is 1. The zero-order chi connectivity index (χ0) is 11.7. The minimum absolute atomic E-state index is 0.162. The number of hydrogen-bond donors (Lipinski definition) is 1. The van der Waals surface area contributed by atoms with E-state index in [1.54, 1.807) is 0 Å². The number of hydrogen-bond acceptors (Lipinski definition) is 5. The van der Waals surface area contributed by atoms with Crippen LogP contribution < -0.4 is 10.6 Å². The zero-order valence-electron chi connectivity index (χ0n) is 9.40. The van der Waals surface area contributed by atoms with Gasteiger partial charge >= 0.3 is 12.1 Å². The number of aryl methyl sites for hydroxylation is 2. The number of rotatable bonds is 3. The average molecular weight is 225 g/mol. The lowest BCUT2D eigenvalue weighted by atomic mass is 10.2. The fourth-order valence-corrected chi connectivity index (χ4v) is 1.59. The van der Waals surface area contributed by atoms with Crippen LogP contribution in [0, 0.1) is 13.8 Å². The van der Waals surface area contributed by atoms with Gasteiger partial charge in [-0.1, -0.05) is 0 Å². The Bertz CT molecular complexity index is 383. The molecule has 2 heterocycles. The number of ether oxygens (including phenoxy) is 1. The maximum Gasteiger partial charge on any atom is 0.418 e. The summed E-state index contributed by atoms with van der Waals surface area (Å²) in [5, 5.41) is 0. The van der Waals surface area contributed by atoms with E-state index in [0.717, 1.165) is 5.69 Å². The molecular formula is C10H15N3O3. The second-order valence-electron chi connectivity index (χ2n) is 3.83. The van der Waals surface area contributed by atoms with Crippen LogP contribution >= 0.6 is 0 Å². The van der Waals surface area contributed by atoms with Crippen molar-refractivity contribution >= 4 is 12.1 Å². The topological polar surface area (TPSA) is 81.6 Å². The number of nitrogens with zero attached hydrogens (tertiary/aromatic N) is 2. The Morgan fingerprint density at radius 2 is 2.31 bits per heavy atom. The maximum absolute atomic E-state index is 11.5. The van der Waals surface area contributed by atoms with Crippen molar-refractivity contribution < 1.29 is 13.9 Å². The third kappa shape index (κ3) is 1.88. The molecule has 1 amide bonds. The summed E-state index contributed by atoms with van der Waals surface area (Å²) in [6.07, 6.45) is 0.0747. The molecule has 6 nitrogen and oxygen atoms in total. The van der Waals surface area contributed by atoms with Gasteiger partial charge < -0.3 is 14.9 Å². The van der Waals surface area contributed by atoms with Gasteiger partial charge in [-0.15, -0.1) is 0 Å². The van der Waals surface area contributed by atoms with E-state index in [1.807, 2.05) is 13.8 Å². The summed E-state index contributed by atoms with van der Waals surface area (Å²) in [6, 6.07) is 0.305. The summed E-state index contributed by atoms with van der Waals surface area (Å²) < 4.78 is 10.5. The molecule has 1 saturated heterocycles. The van der Waals surface area contributed by atoms with E-state index < -0.39 is 6.09 Å². The van der Waals surface area contributed by atoms with E-state index in [-0.39, 0.29) is 6.10 Å². The van der Waals surface area contributed by atoms with Gasteiger partial charge in [0.1, 0.15) is 11.9 Å². The molecule has 0 aromatic carbocycles. The molecule has 1 unspecified atom stereocenters. The SMILES string of the molecule is Cc1nc(N2CC(CCN)OC2=O)oc1C. The number of amides is 1. The van der Waals surface area contributed by atoms with Crippen LogP contribution in [0.15, 0.2) is 4.42 Å². The Balaban J connectivity index is 2.13. The highest BCUT2D eigenvalue weighted by Crippen LogP contribution is 2.23. The molecule has 1 fully saturated rings. The van der Waals surface area contributed by atoms with Gasteiger partial charge in [0.15, 0.2) is 0 Å². The number of oxazole rings is 1. The third-order valence-corrected chi connectivity index (χ3v) is 2.61. The van der Waals surface area contributed by atoms with E-state index >= 15 is 0 Å². The Morgan fingerprint density at radius 1 is 1.56 bits per heavy atom. The number of carbonyl (C=O) groups excluding carboxylic acids is 1. The number of nitrogens with two attached hydrogens (primary N) is 1. The van der Waals surface area contributed by atoms with Crippen LogP contribution in [0.4, 0.5) is 10.8 Å². The predicted octanol–water partition coefficient (Wildman–Crippen LogP) is 0.965. The molecule has 16 heavy (non-hydrogen) atoms. The lowest BCUT2D eigenvalue weighted by Gasteiger charge is -2.06. The normalized spacial score (nSPS) is 20.3. The van der Waals surface area contributed by atoms with Crippen molar-refractivity contribution in [1.82, 2.24) is 4.98 Å². The number of cyclic esters (lactones) is 1. The van der Waals surface area contributed by atoms with Gasteiger partial charge in [0.05, 0.1) is 12.2 Å². The minimum atomic E-state index is -0.417. The molecule has 0 saturated carbocycles. The molecule has 0 radical (unpaired) electrons. The lowest BCUT2D eigenvalue weighted by Crippen LogP contribution is -2.25. The summed E-state index contributed by atoms with van der Waals surface area (Å²) in [5.41, 5.74) is 6.20. The van der Waals surface area contributed by atoms with Crippen LogP contribution in [0.2, 0.25) is 0 Å². The molecular weight excluding hydrogens is 210 g/mol. The molecule has 0 spiro atoms. The second kappa shape index (κ2) is 4.13. The minimum Gasteiger partial charge on any atom is -0.444 e. The van der Waals surface area contributed by atoms with Gasteiger partial charge in [0, 0.05) is 0 Å². The van der Waals surface area contributed by atoms with Crippen LogP contribution in [-0.4, -0.2) is 30.3 Å². The van der Waals surface area contributed by atoms with Gasteiger partial charge in [-0.3, -0.25) is 0 Å². The summed E-state index contributed by atoms with van der Waals surface area (Å²) in [5.74, 6) is 0.713. The molecule has 1 aliphatic rings. The largest absolute Gasteiger partial charge is 0.444 e. The average Bonchev–Trinajstić information content (AvgIpc) is 2.73. The van der Waals surface area contributed by atoms with E-state index in [0.29, 0.717) is 31.3 Å². The van der Waals surface area contributed by atoms with E-state index in [1.165, 1.54) is 4.90 Å². The van der Waals surface area contributed by atoms with Crippen LogP contribution in [0.1, 0.15) is 17.9 Å².